The number of pyridine rings is 1. The molecule has 1 atom stereocenters. The van der Waals surface area contributed by atoms with Crippen LogP contribution >= 0.6 is 0 Å². The standard InChI is InChI=1S/C22H27N7O4/c1-14-16(3-4-17-18(14)12-33-22(17)32)19(30)11-27-6-8-28(9-7-27)21(31)15-2-5-20(25-10-15)29(24)13-26-23/h2-5,10,13,19,30H,6-9,11-12,23-24H2,1H3/b26-13-. The summed E-state index contributed by atoms with van der Waals surface area (Å²) in [5, 5.41) is 15.3. The Labute approximate surface area is 191 Å². The number of cyclic esters (lactones) is 1. The van der Waals surface area contributed by atoms with Gasteiger partial charge in [0.2, 0.25) is 0 Å². The molecule has 5 N–H and O–H groups in total. The molecule has 174 valence electrons. The predicted octanol–water partition coefficient (Wildman–Crippen LogP) is 0.134. The average molecular weight is 454 g/mol. The molecule has 0 spiro atoms. The largest absolute Gasteiger partial charge is 0.457 e. The SMILES string of the molecule is Cc1c(C(O)CN2CCN(C(=O)c3ccc(N(N)/C=N\N)nc3)CC2)ccc2c1COC2=O. The molecule has 11 heteroatoms. The van der Waals surface area contributed by atoms with Gasteiger partial charge < -0.3 is 20.6 Å². The van der Waals surface area contributed by atoms with Crippen molar-refractivity contribution in [3.63, 3.8) is 0 Å². The highest BCUT2D eigenvalue weighted by molar-refractivity contribution is 5.94. The molecule has 1 fully saturated rings. The predicted molar refractivity (Wildman–Crippen MR) is 121 cm³/mol. The summed E-state index contributed by atoms with van der Waals surface area (Å²) in [6, 6.07) is 6.80. The Hall–Kier alpha value is -3.54. The molecule has 11 nitrogen and oxygen atoms in total. The first-order valence-electron chi connectivity index (χ1n) is 10.6. The number of carbonyl (C=O) groups is 2. The average Bonchev–Trinajstić information content (AvgIpc) is 3.21. The molecule has 0 aliphatic carbocycles. The first-order valence-corrected chi connectivity index (χ1v) is 10.6. The van der Waals surface area contributed by atoms with E-state index < -0.39 is 6.10 Å². The summed E-state index contributed by atoms with van der Waals surface area (Å²) >= 11 is 0. The van der Waals surface area contributed by atoms with E-state index in [2.05, 4.69) is 15.0 Å². The van der Waals surface area contributed by atoms with E-state index in [-0.39, 0.29) is 18.5 Å². The maximum atomic E-state index is 12.8. The number of aliphatic hydroxyl groups excluding tert-OH is 1. The topological polar surface area (TPSA) is 151 Å². The number of nitrogens with two attached hydrogens (primary N) is 2. The number of hydrazone groups is 1. The van der Waals surface area contributed by atoms with Gasteiger partial charge in [-0.3, -0.25) is 9.69 Å². The number of hydrazine groups is 1. The van der Waals surface area contributed by atoms with Crippen molar-refractivity contribution in [2.75, 3.05) is 37.7 Å². The second-order valence-corrected chi connectivity index (χ2v) is 8.07. The second kappa shape index (κ2) is 9.53. The number of piperazine rings is 1. The van der Waals surface area contributed by atoms with Crippen LogP contribution in [0, 0.1) is 6.92 Å². The lowest BCUT2D eigenvalue weighted by Gasteiger charge is -2.36. The minimum Gasteiger partial charge on any atom is -0.457 e. The van der Waals surface area contributed by atoms with Gasteiger partial charge in [0.25, 0.3) is 5.91 Å². The molecule has 1 saturated heterocycles. The lowest BCUT2D eigenvalue weighted by molar-refractivity contribution is 0.0524. The fourth-order valence-corrected chi connectivity index (χ4v) is 4.18. The molecule has 2 aliphatic heterocycles. The van der Waals surface area contributed by atoms with Crippen LogP contribution in [0.5, 0.6) is 0 Å². The monoisotopic (exact) mass is 453 g/mol. The molecule has 1 aromatic carbocycles. The Morgan fingerprint density at radius 3 is 2.73 bits per heavy atom. The second-order valence-electron chi connectivity index (χ2n) is 8.07. The number of esters is 1. The lowest BCUT2D eigenvalue weighted by Crippen LogP contribution is -2.49. The maximum Gasteiger partial charge on any atom is 0.338 e. The third kappa shape index (κ3) is 4.65. The Bertz CT molecular complexity index is 1070. The number of amides is 1. The number of β-amino-alcohol motifs (C(OH)–C–C–N with tert-alkyl or cyclic N) is 1. The smallest absolute Gasteiger partial charge is 0.338 e. The normalized spacial score (nSPS) is 17.2. The van der Waals surface area contributed by atoms with Crippen LogP contribution in [0.15, 0.2) is 35.6 Å². The van der Waals surface area contributed by atoms with Gasteiger partial charge in [-0.05, 0) is 36.2 Å². The number of fused-ring (bicyclic) bond motifs is 1. The lowest BCUT2D eigenvalue weighted by atomic mass is 9.95. The summed E-state index contributed by atoms with van der Waals surface area (Å²) in [4.78, 5) is 32.6. The van der Waals surface area contributed by atoms with Crippen molar-refractivity contribution in [3.05, 3.63) is 58.3 Å². The first-order chi connectivity index (χ1) is 15.9. The summed E-state index contributed by atoms with van der Waals surface area (Å²) in [5.74, 6) is 10.8. The number of hydrogen-bond donors (Lipinski definition) is 3. The van der Waals surface area contributed by atoms with E-state index in [1.165, 1.54) is 12.5 Å². The number of hydrogen-bond acceptors (Lipinski definition) is 9. The molecular formula is C22H27N7O4. The molecule has 1 unspecified atom stereocenters. The van der Waals surface area contributed by atoms with E-state index in [0.717, 1.165) is 21.7 Å². The minimum atomic E-state index is -0.693. The van der Waals surface area contributed by atoms with Crippen molar-refractivity contribution < 1.29 is 19.4 Å². The summed E-state index contributed by atoms with van der Waals surface area (Å²) in [6.45, 7) is 4.97. The van der Waals surface area contributed by atoms with E-state index in [1.807, 2.05) is 6.92 Å². The van der Waals surface area contributed by atoms with Crippen LogP contribution in [0.1, 0.15) is 43.5 Å². The number of rotatable bonds is 6. The summed E-state index contributed by atoms with van der Waals surface area (Å²) in [6.07, 6.45) is 2.00. The minimum absolute atomic E-state index is 0.107. The van der Waals surface area contributed by atoms with E-state index in [9.17, 15) is 14.7 Å². The highest BCUT2D eigenvalue weighted by atomic mass is 16.5. The van der Waals surface area contributed by atoms with Crippen LogP contribution in [0.25, 0.3) is 0 Å². The zero-order valence-corrected chi connectivity index (χ0v) is 18.3. The van der Waals surface area contributed by atoms with Gasteiger partial charge in [0.15, 0.2) is 0 Å². The molecule has 0 saturated carbocycles. The van der Waals surface area contributed by atoms with Crippen molar-refractivity contribution in [1.82, 2.24) is 14.8 Å². The maximum absolute atomic E-state index is 12.8. The zero-order valence-electron chi connectivity index (χ0n) is 18.3. The van der Waals surface area contributed by atoms with E-state index in [1.54, 1.807) is 29.2 Å². The van der Waals surface area contributed by atoms with Gasteiger partial charge in [-0.25, -0.2) is 20.6 Å². The van der Waals surface area contributed by atoms with Gasteiger partial charge in [0.05, 0.1) is 17.2 Å². The molecule has 3 heterocycles. The molecule has 1 aromatic heterocycles. The van der Waals surface area contributed by atoms with Gasteiger partial charge in [0.1, 0.15) is 18.8 Å². The van der Waals surface area contributed by atoms with E-state index >= 15 is 0 Å². The Kier molecular flexibility index (Phi) is 6.54. The van der Waals surface area contributed by atoms with Crippen molar-refractivity contribution >= 4 is 24.0 Å². The summed E-state index contributed by atoms with van der Waals surface area (Å²) in [5.41, 5.74) is 3.58. The van der Waals surface area contributed by atoms with Crippen molar-refractivity contribution in [3.8, 4) is 0 Å². The van der Waals surface area contributed by atoms with Crippen LogP contribution in [0.2, 0.25) is 0 Å². The van der Waals surface area contributed by atoms with Gasteiger partial charge in [-0.2, -0.15) is 5.10 Å². The number of anilines is 1. The van der Waals surface area contributed by atoms with Crippen LogP contribution in [0.4, 0.5) is 5.82 Å². The number of benzene rings is 1. The van der Waals surface area contributed by atoms with Gasteiger partial charge in [-0.1, -0.05) is 6.07 Å². The highest BCUT2D eigenvalue weighted by Crippen LogP contribution is 2.29. The third-order valence-electron chi connectivity index (χ3n) is 6.11. The molecule has 4 rings (SSSR count). The van der Waals surface area contributed by atoms with Crippen LogP contribution in [-0.2, 0) is 11.3 Å². The quantitative estimate of drug-likeness (QED) is 0.182. The molecule has 2 aliphatic rings. The summed E-state index contributed by atoms with van der Waals surface area (Å²) < 4.78 is 5.10. The van der Waals surface area contributed by atoms with E-state index in [4.69, 9.17) is 16.4 Å². The fourth-order valence-electron chi connectivity index (χ4n) is 4.18. The molecule has 1 amide bonds. The van der Waals surface area contributed by atoms with Crippen molar-refractivity contribution in [2.45, 2.75) is 19.6 Å². The third-order valence-corrected chi connectivity index (χ3v) is 6.11. The number of ether oxygens (including phenoxy) is 1. The zero-order chi connectivity index (χ0) is 23.5. The van der Waals surface area contributed by atoms with Crippen LogP contribution < -0.4 is 16.7 Å². The number of nitrogens with zero attached hydrogens (tertiary/aromatic N) is 5. The van der Waals surface area contributed by atoms with Crippen molar-refractivity contribution in [2.24, 2.45) is 16.8 Å². The molecule has 33 heavy (non-hydrogen) atoms. The number of aliphatic hydroxyl groups is 1. The number of carbonyl (C=O) groups excluding carboxylic acids is 2. The first kappa shape index (κ1) is 22.6. The molecule has 0 bridgehead atoms. The van der Waals surface area contributed by atoms with Crippen molar-refractivity contribution in [1.29, 1.82) is 0 Å². The van der Waals surface area contributed by atoms with Gasteiger partial charge in [-0.15, -0.1) is 0 Å². The Morgan fingerprint density at radius 1 is 1.30 bits per heavy atom. The van der Waals surface area contributed by atoms with Crippen LogP contribution in [0.3, 0.4) is 0 Å². The van der Waals surface area contributed by atoms with Gasteiger partial charge >= 0.3 is 5.97 Å². The number of aromatic nitrogens is 1. The molecular weight excluding hydrogens is 426 g/mol. The Balaban J connectivity index is 1.33. The van der Waals surface area contributed by atoms with E-state index in [0.29, 0.717) is 49.7 Å². The van der Waals surface area contributed by atoms with Crippen LogP contribution in [-0.4, -0.2) is 70.8 Å². The fraction of sp³-hybridized carbons (Fsp3) is 0.364. The summed E-state index contributed by atoms with van der Waals surface area (Å²) in [7, 11) is 0. The molecule has 0 radical (unpaired) electrons. The molecule has 2 aromatic rings. The Morgan fingerprint density at radius 2 is 2.06 bits per heavy atom. The van der Waals surface area contributed by atoms with Gasteiger partial charge in [0, 0.05) is 44.5 Å². The highest BCUT2D eigenvalue weighted by Gasteiger charge is 2.28.